The second-order valence-corrected chi connectivity index (χ2v) is 11.0. The standard InChI is InChI=1S/C29H39N5O3S/c1-33(2)16-6-15-30-29-32-28(36)27(38-29)19-22-9-11-24(12-10-22)34-17-13-23(14-18-34)31-20-25(35)21-37-26-7-4-3-5-8-26/h3-5,7-12,19,23,25,31,35H,6,13-18,20-21H2,1-2H3,(H,30,32,36)/t25-/m0/s1. The first-order chi connectivity index (χ1) is 18.5. The monoisotopic (exact) mass is 537 g/mol. The van der Waals surface area contributed by atoms with Gasteiger partial charge in [-0.15, -0.1) is 0 Å². The summed E-state index contributed by atoms with van der Waals surface area (Å²) in [6.07, 6.45) is 4.39. The number of aliphatic hydroxyl groups excluding tert-OH is 1. The summed E-state index contributed by atoms with van der Waals surface area (Å²) >= 11 is 1.41. The highest BCUT2D eigenvalue weighted by atomic mass is 32.2. The Balaban J connectivity index is 1.18. The molecule has 1 amide bonds. The van der Waals surface area contributed by atoms with Gasteiger partial charge >= 0.3 is 0 Å². The van der Waals surface area contributed by atoms with Crippen molar-refractivity contribution < 1.29 is 14.6 Å². The van der Waals surface area contributed by atoms with E-state index < -0.39 is 6.10 Å². The van der Waals surface area contributed by atoms with Crippen LogP contribution in [-0.4, -0.2) is 86.7 Å². The highest BCUT2D eigenvalue weighted by molar-refractivity contribution is 8.18. The molecule has 2 heterocycles. The molecular formula is C29H39N5O3S. The number of amidine groups is 1. The number of nitrogens with one attached hydrogen (secondary N) is 2. The number of piperidine rings is 1. The predicted molar refractivity (Wildman–Crippen MR) is 157 cm³/mol. The molecule has 2 fully saturated rings. The molecule has 9 heteroatoms. The Labute approximate surface area is 230 Å². The minimum absolute atomic E-state index is 0.0863. The highest BCUT2D eigenvalue weighted by Gasteiger charge is 2.24. The molecule has 0 aliphatic carbocycles. The topological polar surface area (TPSA) is 89.4 Å². The van der Waals surface area contributed by atoms with Crippen molar-refractivity contribution in [1.82, 2.24) is 15.5 Å². The highest BCUT2D eigenvalue weighted by Crippen LogP contribution is 2.27. The summed E-state index contributed by atoms with van der Waals surface area (Å²) in [5.74, 6) is 0.689. The number of benzene rings is 2. The van der Waals surface area contributed by atoms with Gasteiger partial charge in [0, 0.05) is 37.9 Å². The lowest BCUT2D eigenvalue weighted by Crippen LogP contribution is -2.45. The summed E-state index contributed by atoms with van der Waals surface area (Å²) in [7, 11) is 4.09. The van der Waals surface area contributed by atoms with E-state index >= 15 is 0 Å². The van der Waals surface area contributed by atoms with E-state index in [1.165, 1.54) is 17.4 Å². The quantitative estimate of drug-likeness (QED) is 0.283. The van der Waals surface area contributed by atoms with Crippen LogP contribution in [0.1, 0.15) is 24.8 Å². The molecule has 0 radical (unpaired) electrons. The smallest absolute Gasteiger partial charge is 0.264 e. The van der Waals surface area contributed by atoms with Crippen molar-refractivity contribution in [1.29, 1.82) is 0 Å². The first kappa shape index (κ1) is 28.2. The van der Waals surface area contributed by atoms with Crippen LogP contribution in [0.2, 0.25) is 0 Å². The molecule has 2 saturated heterocycles. The molecule has 2 aliphatic heterocycles. The lowest BCUT2D eigenvalue weighted by molar-refractivity contribution is -0.115. The number of nitrogens with zero attached hydrogens (tertiary/aromatic N) is 3. The Morgan fingerprint density at radius 1 is 1.18 bits per heavy atom. The SMILES string of the molecule is CN(C)CCCN=C1NC(=O)C(=Cc2ccc(N3CCC(NC[C@H](O)COc4ccccc4)CC3)cc2)S1. The molecule has 1 atom stereocenters. The Hall–Kier alpha value is -2.85. The Morgan fingerprint density at radius 3 is 2.63 bits per heavy atom. The maximum absolute atomic E-state index is 12.3. The number of aliphatic imine (C=N–C) groups is 1. The van der Waals surface area contributed by atoms with E-state index in [0.29, 0.717) is 29.2 Å². The van der Waals surface area contributed by atoms with Gasteiger partial charge in [-0.3, -0.25) is 9.79 Å². The molecule has 0 spiro atoms. The van der Waals surface area contributed by atoms with Gasteiger partial charge in [-0.1, -0.05) is 30.3 Å². The molecule has 3 N–H and O–H groups in total. The van der Waals surface area contributed by atoms with E-state index in [9.17, 15) is 9.90 Å². The van der Waals surface area contributed by atoms with E-state index in [4.69, 9.17) is 4.74 Å². The Kier molecular flexibility index (Phi) is 10.6. The number of para-hydroxylation sites is 1. The van der Waals surface area contributed by atoms with Gasteiger partial charge < -0.3 is 30.3 Å². The Bertz CT molecular complexity index is 1080. The van der Waals surface area contributed by atoms with Crippen LogP contribution in [0.15, 0.2) is 64.5 Å². The number of hydrogen-bond donors (Lipinski definition) is 3. The first-order valence-corrected chi connectivity index (χ1v) is 14.1. The number of ether oxygens (including phenoxy) is 1. The van der Waals surface area contributed by atoms with Gasteiger partial charge in [0.1, 0.15) is 18.5 Å². The van der Waals surface area contributed by atoms with Crippen molar-refractivity contribution in [2.75, 3.05) is 58.3 Å². The van der Waals surface area contributed by atoms with Crippen molar-refractivity contribution in [3.05, 3.63) is 65.1 Å². The van der Waals surface area contributed by atoms with E-state index in [-0.39, 0.29) is 12.5 Å². The van der Waals surface area contributed by atoms with Crippen molar-refractivity contribution in [2.24, 2.45) is 4.99 Å². The van der Waals surface area contributed by atoms with Crippen LogP contribution in [0.5, 0.6) is 5.75 Å². The third-order valence-corrected chi connectivity index (χ3v) is 7.50. The number of hydrogen-bond acceptors (Lipinski definition) is 8. The lowest BCUT2D eigenvalue weighted by atomic mass is 10.0. The zero-order chi connectivity index (χ0) is 26.7. The molecular weight excluding hydrogens is 498 g/mol. The number of aliphatic hydroxyl groups is 1. The lowest BCUT2D eigenvalue weighted by Gasteiger charge is -2.34. The van der Waals surface area contributed by atoms with Crippen LogP contribution in [0.3, 0.4) is 0 Å². The largest absolute Gasteiger partial charge is 0.491 e. The molecule has 0 unspecified atom stereocenters. The number of carbonyl (C=O) groups excluding carboxylic acids is 1. The zero-order valence-corrected chi connectivity index (χ0v) is 23.1. The van der Waals surface area contributed by atoms with Crippen LogP contribution in [0.4, 0.5) is 5.69 Å². The van der Waals surface area contributed by atoms with Crippen molar-refractivity contribution in [3.8, 4) is 5.75 Å². The number of amides is 1. The van der Waals surface area contributed by atoms with Gasteiger partial charge in [0.25, 0.3) is 5.91 Å². The molecule has 4 rings (SSSR count). The van der Waals surface area contributed by atoms with Crippen LogP contribution in [0, 0.1) is 0 Å². The second-order valence-electron chi connectivity index (χ2n) is 9.95. The summed E-state index contributed by atoms with van der Waals surface area (Å²) in [4.78, 5) is 22.0. The fraction of sp³-hybridized carbons (Fsp3) is 0.448. The van der Waals surface area contributed by atoms with Crippen molar-refractivity contribution in [2.45, 2.75) is 31.4 Å². The second kappa shape index (κ2) is 14.3. The number of thioether (sulfide) groups is 1. The first-order valence-electron chi connectivity index (χ1n) is 13.3. The fourth-order valence-electron chi connectivity index (χ4n) is 4.41. The molecule has 204 valence electrons. The van der Waals surface area contributed by atoms with Gasteiger partial charge in [-0.25, -0.2) is 0 Å². The van der Waals surface area contributed by atoms with E-state index in [2.05, 4.69) is 49.7 Å². The molecule has 0 aromatic heterocycles. The van der Waals surface area contributed by atoms with Crippen molar-refractivity contribution in [3.63, 3.8) is 0 Å². The Morgan fingerprint density at radius 2 is 1.92 bits per heavy atom. The summed E-state index contributed by atoms with van der Waals surface area (Å²) in [6, 6.07) is 18.3. The zero-order valence-electron chi connectivity index (χ0n) is 22.3. The fourth-order valence-corrected chi connectivity index (χ4v) is 5.26. The number of carbonyl (C=O) groups is 1. The minimum atomic E-state index is -0.541. The van der Waals surface area contributed by atoms with Crippen LogP contribution in [-0.2, 0) is 4.79 Å². The maximum atomic E-state index is 12.3. The van der Waals surface area contributed by atoms with E-state index in [1.54, 1.807) is 0 Å². The molecule has 2 aromatic carbocycles. The molecule has 0 bridgehead atoms. The average Bonchev–Trinajstić information content (AvgIpc) is 3.28. The molecule has 2 aliphatic rings. The van der Waals surface area contributed by atoms with E-state index in [1.807, 2.05) is 50.5 Å². The summed E-state index contributed by atoms with van der Waals surface area (Å²) in [5, 5.41) is 17.3. The van der Waals surface area contributed by atoms with Crippen molar-refractivity contribution >= 4 is 34.6 Å². The number of anilines is 1. The van der Waals surface area contributed by atoms with Crippen LogP contribution >= 0.6 is 11.8 Å². The van der Waals surface area contributed by atoms with Crippen LogP contribution < -0.4 is 20.3 Å². The summed E-state index contributed by atoms with van der Waals surface area (Å²) in [6.45, 7) is 4.41. The molecule has 0 saturated carbocycles. The summed E-state index contributed by atoms with van der Waals surface area (Å²) < 4.78 is 5.64. The minimum Gasteiger partial charge on any atom is -0.491 e. The van der Waals surface area contributed by atoms with Gasteiger partial charge in [0.05, 0.1) is 4.91 Å². The normalized spacial score (nSPS) is 19.4. The molecule has 38 heavy (non-hydrogen) atoms. The molecule has 2 aromatic rings. The third-order valence-electron chi connectivity index (χ3n) is 6.55. The van der Waals surface area contributed by atoms with Gasteiger partial charge in [0.2, 0.25) is 0 Å². The predicted octanol–water partition coefficient (Wildman–Crippen LogP) is 3.20. The maximum Gasteiger partial charge on any atom is 0.264 e. The number of rotatable bonds is 12. The van der Waals surface area contributed by atoms with E-state index in [0.717, 1.165) is 50.2 Å². The molecule has 8 nitrogen and oxygen atoms in total. The van der Waals surface area contributed by atoms with Gasteiger partial charge in [0.15, 0.2) is 5.17 Å². The summed E-state index contributed by atoms with van der Waals surface area (Å²) in [5.41, 5.74) is 2.19. The average molecular weight is 538 g/mol. The van der Waals surface area contributed by atoms with Gasteiger partial charge in [-0.2, -0.15) is 0 Å². The van der Waals surface area contributed by atoms with Gasteiger partial charge in [-0.05, 0) is 87.6 Å². The third kappa shape index (κ3) is 8.87. The van der Waals surface area contributed by atoms with Crippen LogP contribution in [0.25, 0.3) is 6.08 Å².